The molecular formula is C19H25N3O3. The molecule has 1 fully saturated rings. The Bertz CT molecular complexity index is 734. The largest absolute Gasteiger partial charge is 0.467 e. The van der Waals surface area contributed by atoms with Gasteiger partial charge in [-0.1, -0.05) is 24.6 Å². The molecule has 6 heteroatoms. The van der Waals surface area contributed by atoms with E-state index in [9.17, 15) is 9.59 Å². The number of hydrogen-bond acceptors (Lipinski definition) is 4. The van der Waals surface area contributed by atoms with Gasteiger partial charge in [0.1, 0.15) is 6.04 Å². The van der Waals surface area contributed by atoms with E-state index in [2.05, 4.69) is 15.2 Å². The van der Waals surface area contributed by atoms with Crippen molar-refractivity contribution in [3.8, 4) is 0 Å². The minimum Gasteiger partial charge on any atom is -0.467 e. The number of benzene rings is 1. The van der Waals surface area contributed by atoms with Crippen molar-refractivity contribution >= 4 is 22.8 Å². The highest BCUT2D eigenvalue weighted by molar-refractivity contribution is 5.87. The number of para-hydroxylation sites is 1. The molecule has 25 heavy (non-hydrogen) atoms. The molecule has 1 aromatic carbocycles. The lowest BCUT2D eigenvalue weighted by Crippen LogP contribution is -2.47. The highest BCUT2D eigenvalue weighted by Crippen LogP contribution is 2.19. The number of carbonyl (C=O) groups excluding carboxylic acids is 2. The first-order valence-corrected chi connectivity index (χ1v) is 8.82. The number of hydrogen-bond donors (Lipinski definition) is 2. The van der Waals surface area contributed by atoms with Crippen LogP contribution in [0.25, 0.3) is 10.9 Å². The number of nitrogens with one attached hydrogen (secondary N) is 2. The predicted octanol–water partition coefficient (Wildman–Crippen LogP) is 1.85. The van der Waals surface area contributed by atoms with Gasteiger partial charge >= 0.3 is 5.97 Å². The van der Waals surface area contributed by atoms with Gasteiger partial charge in [-0.2, -0.15) is 0 Å². The lowest BCUT2D eigenvalue weighted by atomic mass is 10.0. The van der Waals surface area contributed by atoms with Crippen molar-refractivity contribution in [2.24, 2.45) is 0 Å². The molecule has 1 atom stereocenters. The third-order valence-electron chi connectivity index (χ3n) is 4.74. The molecule has 1 aliphatic heterocycles. The Labute approximate surface area is 147 Å². The molecule has 0 spiro atoms. The second kappa shape index (κ2) is 8.16. The first-order valence-electron chi connectivity index (χ1n) is 8.82. The number of aromatic nitrogens is 1. The average molecular weight is 343 g/mol. The zero-order valence-corrected chi connectivity index (χ0v) is 14.6. The van der Waals surface area contributed by atoms with Gasteiger partial charge in [-0.3, -0.25) is 9.69 Å². The van der Waals surface area contributed by atoms with Crippen LogP contribution >= 0.6 is 0 Å². The number of carbonyl (C=O) groups is 2. The van der Waals surface area contributed by atoms with Crippen LogP contribution in [0.5, 0.6) is 0 Å². The SMILES string of the molecule is COC(=O)C(Cc1c[nH]c2ccccc12)NC(=O)CN1CCCCC1. The van der Waals surface area contributed by atoms with Crippen molar-refractivity contribution in [3.05, 3.63) is 36.0 Å². The van der Waals surface area contributed by atoms with Crippen LogP contribution in [0.3, 0.4) is 0 Å². The van der Waals surface area contributed by atoms with Gasteiger partial charge in [0, 0.05) is 23.5 Å². The normalized spacial score (nSPS) is 16.5. The van der Waals surface area contributed by atoms with E-state index in [0.29, 0.717) is 13.0 Å². The summed E-state index contributed by atoms with van der Waals surface area (Å²) in [7, 11) is 1.35. The second-order valence-corrected chi connectivity index (χ2v) is 6.54. The molecule has 2 heterocycles. The van der Waals surface area contributed by atoms with E-state index in [1.807, 2.05) is 30.5 Å². The molecule has 0 bridgehead atoms. The lowest BCUT2D eigenvalue weighted by molar-refractivity contribution is -0.145. The summed E-state index contributed by atoms with van der Waals surface area (Å²) in [5, 5.41) is 3.91. The van der Waals surface area contributed by atoms with Crippen LogP contribution in [0.1, 0.15) is 24.8 Å². The molecule has 1 aliphatic rings. The summed E-state index contributed by atoms with van der Waals surface area (Å²) < 4.78 is 4.89. The summed E-state index contributed by atoms with van der Waals surface area (Å²) in [5.41, 5.74) is 2.00. The summed E-state index contributed by atoms with van der Waals surface area (Å²) in [4.78, 5) is 29.8. The van der Waals surface area contributed by atoms with Crippen LogP contribution in [0.2, 0.25) is 0 Å². The average Bonchev–Trinajstić information content (AvgIpc) is 3.04. The Kier molecular flexibility index (Phi) is 5.71. The van der Waals surface area contributed by atoms with Gasteiger partial charge in [0.25, 0.3) is 0 Å². The quantitative estimate of drug-likeness (QED) is 0.785. The molecule has 1 amide bonds. The Morgan fingerprint density at radius 2 is 2.00 bits per heavy atom. The van der Waals surface area contributed by atoms with Gasteiger partial charge in [-0.25, -0.2) is 4.79 Å². The number of aromatic amines is 1. The molecule has 0 radical (unpaired) electrons. The van der Waals surface area contributed by atoms with E-state index < -0.39 is 12.0 Å². The van der Waals surface area contributed by atoms with Crippen molar-refractivity contribution in [2.75, 3.05) is 26.7 Å². The number of ether oxygens (including phenoxy) is 1. The molecule has 2 aromatic rings. The fraction of sp³-hybridized carbons (Fsp3) is 0.474. The van der Waals surface area contributed by atoms with Gasteiger partial charge in [0.15, 0.2) is 0 Å². The zero-order chi connectivity index (χ0) is 17.6. The maximum absolute atomic E-state index is 12.4. The summed E-state index contributed by atoms with van der Waals surface area (Å²) in [6, 6.07) is 7.23. The monoisotopic (exact) mass is 343 g/mol. The smallest absolute Gasteiger partial charge is 0.328 e. The summed E-state index contributed by atoms with van der Waals surface area (Å²) in [6.45, 7) is 2.22. The number of piperidine rings is 1. The molecule has 2 N–H and O–H groups in total. The highest BCUT2D eigenvalue weighted by atomic mass is 16.5. The maximum Gasteiger partial charge on any atom is 0.328 e. The lowest BCUT2D eigenvalue weighted by Gasteiger charge is -2.26. The molecular weight excluding hydrogens is 318 g/mol. The van der Waals surface area contributed by atoms with E-state index in [1.165, 1.54) is 13.5 Å². The van der Waals surface area contributed by atoms with E-state index in [-0.39, 0.29) is 5.91 Å². The van der Waals surface area contributed by atoms with Crippen LogP contribution in [0.15, 0.2) is 30.5 Å². The second-order valence-electron chi connectivity index (χ2n) is 6.54. The molecule has 1 unspecified atom stereocenters. The van der Waals surface area contributed by atoms with Crippen LogP contribution in [0.4, 0.5) is 0 Å². The Hall–Kier alpha value is -2.34. The number of rotatable bonds is 6. The van der Waals surface area contributed by atoms with Gasteiger partial charge in [-0.05, 0) is 37.6 Å². The summed E-state index contributed by atoms with van der Waals surface area (Å²) >= 11 is 0. The van der Waals surface area contributed by atoms with Crippen LogP contribution in [0, 0.1) is 0 Å². The van der Waals surface area contributed by atoms with Crippen molar-refractivity contribution in [3.63, 3.8) is 0 Å². The number of nitrogens with zero attached hydrogens (tertiary/aromatic N) is 1. The topological polar surface area (TPSA) is 74.4 Å². The van der Waals surface area contributed by atoms with E-state index >= 15 is 0 Å². The minimum atomic E-state index is -0.679. The highest BCUT2D eigenvalue weighted by Gasteiger charge is 2.24. The van der Waals surface area contributed by atoms with Gasteiger partial charge in [0.05, 0.1) is 13.7 Å². The number of amides is 1. The van der Waals surface area contributed by atoms with Gasteiger partial charge < -0.3 is 15.0 Å². The summed E-state index contributed by atoms with van der Waals surface area (Å²) in [5.74, 6) is -0.547. The summed E-state index contributed by atoms with van der Waals surface area (Å²) in [6.07, 6.45) is 5.77. The van der Waals surface area contributed by atoms with Gasteiger partial charge in [0.2, 0.25) is 5.91 Å². The molecule has 1 saturated heterocycles. The molecule has 3 rings (SSSR count). The molecule has 134 valence electrons. The van der Waals surface area contributed by atoms with Crippen LogP contribution < -0.4 is 5.32 Å². The molecule has 0 saturated carbocycles. The van der Waals surface area contributed by atoms with E-state index in [0.717, 1.165) is 42.4 Å². The van der Waals surface area contributed by atoms with E-state index in [4.69, 9.17) is 4.74 Å². The number of fused-ring (bicyclic) bond motifs is 1. The van der Waals surface area contributed by atoms with Crippen molar-refractivity contribution in [1.29, 1.82) is 0 Å². The Morgan fingerprint density at radius 3 is 2.76 bits per heavy atom. The molecule has 1 aromatic heterocycles. The first kappa shape index (κ1) is 17.5. The third-order valence-corrected chi connectivity index (χ3v) is 4.74. The first-order chi connectivity index (χ1) is 12.2. The fourth-order valence-corrected chi connectivity index (χ4v) is 3.42. The minimum absolute atomic E-state index is 0.128. The third kappa shape index (κ3) is 4.39. The molecule has 6 nitrogen and oxygen atoms in total. The Morgan fingerprint density at radius 1 is 1.24 bits per heavy atom. The Balaban J connectivity index is 1.67. The number of esters is 1. The number of H-pyrrole nitrogens is 1. The standard InChI is InChI=1S/C19H25N3O3/c1-25-19(24)17(21-18(23)13-22-9-5-2-6-10-22)11-14-12-20-16-8-4-3-7-15(14)16/h3-4,7-8,12,17,20H,2,5-6,9-11,13H2,1H3,(H,21,23). The van der Waals surface area contributed by atoms with Crippen molar-refractivity contribution < 1.29 is 14.3 Å². The number of likely N-dealkylation sites (tertiary alicyclic amines) is 1. The van der Waals surface area contributed by atoms with Crippen LogP contribution in [-0.2, 0) is 20.7 Å². The molecule has 0 aliphatic carbocycles. The van der Waals surface area contributed by atoms with Crippen molar-refractivity contribution in [2.45, 2.75) is 31.7 Å². The predicted molar refractivity (Wildman–Crippen MR) is 96.2 cm³/mol. The fourth-order valence-electron chi connectivity index (χ4n) is 3.42. The van der Waals surface area contributed by atoms with Crippen molar-refractivity contribution in [1.82, 2.24) is 15.2 Å². The zero-order valence-electron chi connectivity index (χ0n) is 14.6. The maximum atomic E-state index is 12.4. The van der Waals surface area contributed by atoms with Crippen LogP contribution in [-0.4, -0.2) is 54.5 Å². The number of methoxy groups -OCH3 is 1. The van der Waals surface area contributed by atoms with E-state index in [1.54, 1.807) is 0 Å². The van der Waals surface area contributed by atoms with Gasteiger partial charge in [-0.15, -0.1) is 0 Å².